The largest absolute Gasteiger partial charge is 0.508 e. The van der Waals surface area contributed by atoms with Gasteiger partial charge in [0, 0.05) is 17.7 Å². The number of allylic oxidation sites excluding steroid dienone is 1. The standard InChI is InChI=1S/C25H22N2O2/c28-21-12-10-18(11-13-21)14-15-26-25(29)23-9-5-4-8-22(23)24-16-20(17-27-24)19-6-2-1-3-7-19/h1-13,16,28H,14-15,17H2,(H,26,29). The maximum absolute atomic E-state index is 12.8. The van der Waals surface area contributed by atoms with Crippen LogP contribution in [0.5, 0.6) is 5.75 Å². The smallest absolute Gasteiger partial charge is 0.251 e. The normalized spacial score (nSPS) is 13.0. The van der Waals surface area contributed by atoms with E-state index < -0.39 is 0 Å². The third-order valence-electron chi connectivity index (χ3n) is 4.96. The Morgan fingerprint density at radius 2 is 1.66 bits per heavy atom. The number of amides is 1. The first kappa shape index (κ1) is 18.7. The van der Waals surface area contributed by atoms with Gasteiger partial charge in [-0.3, -0.25) is 9.79 Å². The van der Waals surface area contributed by atoms with Crippen LogP contribution in [0.1, 0.15) is 27.0 Å². The lowest BCUT2D eigenvalue weighted by Gasteiger charge is -2.10. The lowest BCUT2D eigenvalue weighted by molar-refractivity contribution is 0.0954. The average molecular weight is 382 g/mol. The molecular weight excluding hydrogens is 360 g/mol. The maximum atomic E-state index is 12.8. The zero-order valence-electron chi connectivity index (χ0n) is 16.0. The Bertz CT molecular complexity index is 1070. The molecule has 4 rings (SSSR count). The van der Waals surface area contributed by atoms with Crippen LogP contribution in [0.4, 0.5) is 0 Å². The van der Waals surface area contributed by atoms with Crippen LogP contribution in [0.15, 0.2) is 89.9 Å². The van der Waals surface area contributed by atoms with Crippen LogP contribution in [-0.4, -0.2) is 29.8 Å². The molecule has 1 heterocycles. The lowest BCUT2D eigenvalue weighted by Crippen LogP contribution is -2.27. The molecule has 29 heavy (non-hydrogen) atoms. The quantitative estimate of drug-likeness (QED) is 0.669. The predicted octanol–water partition coefficient (Wildman–Crippen LogP) is 4.25. The summed E-state index contributed by atoms with van der Waals surface area (Å²) in [6.45, 7) is 1.14. The van der Waals surface area contributed by atoms with Crippen molar-refractivity contribution in [1.29, 1.82) is 0 Å². The Balaban J connectivity index is 1.46. The minimum absolute atomic E-state index is 0.108. The van der Waals surface area contributed by atoms with Gasteiger partial charge in [-0.25, -0.2) is 0 Å². The van der Waals surface area contributed by atoms with Crippen molar-refractivity contribution in [2.75, 3.05) is 13.1 Å². The number of aromatic hydroxyl groups is 1. The maximum Gasteiger partial charge on any atom is 0.251 e. The number of carbonyl (C=O) groups is 1. The van der Waals surface area contributed by atoms with Gasteiger partial charge < -0.3 is 10.4 Å². The molecular formula is C25H22N2O2. The van der Waals surface area contributed by atoms with Crippen molar-refractivity contribution >= 4 is 17.2 Å². The van der Waals surface area contributed by atoms with Gasteiger partial charge in [0.2, 0.25) is 0 Å². The van der Waals surface area contributed by atoms with Crippen LogP contribution in [0.25, 0.3) is 5.57 Å². The molecule has 0 bridgehead atoms. The van der Waals surface area contributed by atoms with E-state index in [0.29, 0.717) is 25.1 Å². The zero-order chi connectivity index (χ0) is 20.1. The van der Waals surface area contributed by atoms with Gasteiger partial charge in [-0.05, 0) is 47.4 Å². The molecule has 0 atom stereocenters. The fraction of sp³-hybridized carbons (Fsp3) is 0.120. The first-order valence-corrected chi connectivity index (χ1v) is 9.66. The SMILES string of the molecule is O=C(NCCc1ccc(O)cc1)c1ccccc1C1=NCC(c2ccccc2)=C1. The van der Waals surface area contributed by atoms with Crippen molar-refractivity contribution in [2.45, 2.75) is 6.42 Å². The molecule has 1 amide bonds. The Morgan fingerprint density at radius 1 is 0.931 bits per heavy atom. The number of hydrogen-bond acceptors (Lipinski definition) is 3. The Morgan fingerprint density at radius 3 is 2.45 bits per heavy atom. The Kier molecular flexibility index (Phi) is 5.52. The highest BCUT2D eigenvalue weighted by atomic mass is 16.3. The number of aliphatic imine (C=N–C) groups is 1. The third kappa shape index (κ3) is 4.43. The molecule has 0 spiro atoms. The van der Waals surface area contributed by atoms with Crippen LogP contribution >= 0.6 is 0 Å². The molecule has 4 heteroatoms. The molecule has 0 fully saturated rings. The number of nitrogens with zero attached hydrogens (tertiary/aromatic N) is 1. The average Bonchev–Trinajstić information content (AvgIpc) is 3.26. The third-order valence-corrected chi connectivity index (χ3v) is 4.96. The molecule has 3 aromatic rings. The number of rotatable bonds is 6. The Labute approximate surface area is 170 Å². The van der Waals surface area contributed by atoms with Crippen molar-refractivity contribution in [3.63, 3.8) is 0 Å². The summed E-state index contributed by atoms with van der Waals surface area (Å²) in [4.78, 5) is 17.5. The van der Waals surface area contributed by atoms with Gasteiger partial charge in [0.1, 0.15) is 5.75 Å². The molecule has 0 radical (unpaired) electrons. The van der Waals surface area contributed by atoms with Gasteiger partial charge in [0.25, 0.3) is 5.91 Å². The lowest BCUT2D eigenvalue weighted by atomic mass is 10.00. The summed E-state index contributed by atoms with van der Waals surface area (Å²) in [7, 11) is 0. The molecule has 144 valence electrons. The van der Waals surface area contributed by atoms with E-state index in [0.717, 1.165) is 28.0 Å². The minimum atomic E-state index is -0.108. The highest BCUT2D eigenvalue weighted by Crippen LogP contribution is 2.23. The summed E-state index contributed by atoms with van der Waals surface area (Å²) < 4.78 is 0. The molecule has 0 unspecified atom stereocenters. The van der Waals surface area contributed by atoms with Crippen LogP contribution in [0, 0.1) is 0 Å². The van der Waals surface area contributed by atoms with Gasteiger partial charge in [0.05, 0.1) is 12.3 Å². The van der Waals surface area contributed by atoms with Crippen LogP contribution in [0.2, 0.25) is 0 Å². The van der Waals surface area contributed by atoms with E-state index in [1.165, 1.54) is 0 Å². The molecule has 1 aliphatic heterocycles. The number of phenolic OH excluding ortho intramolecular Hbond substituents is 1. The summed E-state index contributed by atoms with van der Waals surface area (Å²) in [6.07, 6.45) is 2.77. The molecule has 3 aromatic carbocycles. The van der Waals surface area contributed by atoms with E-state index in [1.54, 1.807) is 12.1 Å². The Hall–Kier alpha value is -3.66. The summed E-state index contributed by atoms with van der Waals surface area (Å²) in [6, 6.07) is 24.8. The first-order valence-electron chi connectivity index (χ1n) is 9.66. The molecule has 1 aliphatic rings. The summed E-state index contributed by atoms with van der Waals surface area (Å²) in [5.41, 5.74) is 5.69. The number of nitrogens with one attached hydrogen (secondary N) is 1. The van der Waals surface area contributed by atoms with E-state index in [9.17, 15) is 9.90 Å². The fourth-order valence-electron chi connectivity index (χ4n) is 3.40. The monoisotopic (exact) mass is 382 g/mol. The molecule has 0 aliphatic carbocycles. The summed E-state index contributed by atoms with van der Waals surface area (Å²) >= 11 is 0. The van der Waals surface area contributed by atoms with Crippen molar-refractivity contribution < 1.29 is 9.90 Å². The van der Waals surface area contributed by atoms with Crippen LogP contribution in [0.3, 0.4) is 0 Å². The van der Waals surface area contributed by atoms with Gasteiger partial charge >= 0.3 is 0 Å². The molecule has 0 saturated heterocycles. The topological polar surface area (TPSA) is 61.7 Å². The number of phenols is 1. The minimum Gasteiger partial charge on any atom is -0.508 e. The molecule has 2 N–H and O–H groups in total. The van der Waals surface area contributed by atoms with E-state index in [-0.39, 0.29) is 11.7 Å². The predicted molar refractivity (Wildman–Crippen MR) is 116 cm³/mol. The summed E-state index contributed by atoms with van der Waals surface area (Å²) in [5.74, 6) is 0.135. The second-order valence-electron chi connectivity index (χ2n) is 6.96. The number of benzene rings is 3. The number of carbonyl (C=O) groups excluding carboxylic acids is 1. The van der Waals surface area contributed by atoms with Crippen molar-refractivity contribution in [3.05, 3.63) is 107 Å². The van der Waals surface area contributed by atoms with E-state index in [1.807, 2.05) is 54.6 Å². The van der Waals surface area contributed by atoms with Gasteiger partial charge in [-0.1, -0.05) is 60.7 Å². The van der Waals surface area contributed by atoms with Gasteiger partial charge in [-0.15, -0.1) is 0 Å². The van der Waals surface area contributed by atoms with Crippen molar-refractivity contribution in [2.24, 2.45) is 4.99 Å². The molecule has 0 saturated carbocycles. The molecule has 4 nitrogen and oxygen atoms in total. The second kappa shape index (κ2) is 8.57. The zero-order valence-corrected chi connectivity index (χ0v) is 16.0. The highest BCUT2D eigenvalue weighted by Gasteiger charge is 2.17. The second-order valence-corrected chi connectivity index (χ2v) is 6.96. The van der Waals surface area contributed by atoms with Crippen LogP contribution in [-0.2, 0) is 6.42 Å². The van der Waals surface area contributed by atoms with Gasteiger partial charge in [-0.2, -0.15) is 0 Å². The summed E-state index contributed by atoms with van der Waals surface area (Å²) in [5, 5.41) is 12.4. The first-order chi connectivity index (χ1) is 14.2. The fourth-order valence-corrected chi connectivity index (χ4v) is 3.40. The number of hydrogen-bond donors (Lipinski definition) is 2. The molecule has 0 aromatic heterocycles. The van der Waals surface area contributed by atoms with E-state index in [4.69, 9.17) is 0 Å². The van der Waals surface area contributed by atoms with Crippen molar-refractivity contribution in [1.82, 2.24) is 5.32 Å². The van der Waals surface area contributed by atoms with Crippen LogP contribution < -0.4 is 5.32 Å². The highest BCUT2D eigenvalue weighted by molar-refractivity contribution is 6.19. The van der Waals surface area contributed by atoms with Gasteiger partial charge in [0.15, 0.2) is 0 Å². The van der Waals surface area contributed by atoms with E-state index in [2.05, 4.69) is 28.5 Å². The van der Waals surface area contributed by atoms with E-state index >= 15 is 0 Å². The van der Waals surface area contributed by atoms with Crippen molar-refractivity contribution in [3.8, 4) is 5.75 Å².